The van der Waals surface area contributed by atoms with Crippen molar-refractivity contribution in [3.05, 3.63) is 71.8 Å². The van der Waals surface area contributed by atoms with Gasteiger partial charge in [-0.3, -0.25) is 0 Å². The van der Waals surface area contributed by atoms with E-state index in [2.05, 4.69) is 66.9 Å². The molecule has 0 aliphatic carbocycles. The molecule has 1 atom stereocenters. The van der Waals surface area contributed by atoms with Gasteiger partial charge in [0.15, 0.2) is 5.11 Å². The minimum atomic E-state index is 0.401. The molecule has 0 radical (unpaired) electrons. The highest BCUT2D eigenvalue weighted by atomic mass is 32.1. The quantitative estimate of drug-likeness (QED) is 0.643. The number of likely N-dealkylation sites (N-methyl/N-ethyl adjacent to an activating group) is 1. The lowest BCUT2D eigenvalue weighted by Crippen LogP contribution is -3.12. The first kappa shape index (κ1) is 18.4. The average Bonchev–Trinajstić information content (AvgIpc) is 2.65. The van der Waals surface area contributed by atoms with Gasteiger partial charge in [0, 0.05) is 12.1 Å². The van der Waals surface area contributed by atoms with E-state index >= 15 is 0 Å². The second kappa shape index (κ2) is 10.1. The van der Waals surface area contributed by atoms with Gasteiger partial charge in [-0.15, -0.1) is 0 Å². The zero-order chi connectivity index (χ0) is 17.2. The van der Waals surface area contributed by atoms with Crippen molar-refractivity contribution in [2.75, 3.05) is 19.6 Å². The van der Waals surface area contributed by atoms with Gasteiger partial charge in [-0.1, -0.05) is 60.7 Å². The summed E-state index contributed by atoms with van der Waals surface area (Å²) in [5.41, 5.74) is 2.59. The van der Waals surface area contributed by atoms with Gasteiger partial charge in [-0.25, -0.2) is 0 Å². The number of hydrogen-bond donors (Lipinski definition) is 3. The van der Waals surface area contributed by atoms with Crippen molar-refractivity contribution < 1.29 is 4.90 Å². The maximum absolute atomic E-state index is 5.45. The number of rotatable bonds is 8. The molecule has 2 aromatic carbocycles. The van der Waals surface area contributed by atoms with Gasteiger partial charge >= 0.3 is 0 Å². The first-order valence-corrected chi connectivity index (χ1v) is 9.10. The van der Waals surface area contributed by atoms with Gasteiger partial charge in [0.1, 0.15) is 6.04 Å². The third-order valence-corrected chi connectivity index (χ3v) is 4.65. The van der Waals surface area contributed by atoms with Crippen LogP contribution in [0.15, 0.2) is 60.7 Å². The average molecular weight is 343 g/mol. The zero-order valence-corrected chi connectivity index (χ0v) is 15.4. The van der Waals surface area contributed by atoms with Gasteiger partial charge in [0.2, 0.25) is 0 Å². The molecule has 24 heavy (non-hydrogen) atoms. The monoisotopic (exact) mass is 342 g/mol. The Morgan fingerprint density at radius 1 is 0.917 bits per heavy atom. The molecule has 128 valence electrons. The zero-order valence-electron chi connectivity index (χ0n) is 14.6. The molecule has 3 N–H and O–H groups in total. The van der Waals surface area contributed by atoms with Crippen LogP contribution in [0.1, 0.15) is 31.0 Å². The summed E-state index contributed by atoms with van der Waals surface area (Å²) < 4.78 is 0. The van der Waals surface area contributed by atoms with E-state index in [9.17, 15) is 0 Å². The molecule has 0 spiro atoms. The van der Waals surface area contributed by atoms with Crippen molar-refractivity contribution in [3.8, 4) is 0 Å². The first-order valence-electron chi connectivity index (χ1n) is 8.69. The lowest BCUT2D eigenvalue weighted by molar-refractivity contribution is -0.927. The normalized spacial score (nSPS) is 12.0. The van der Waals surface area contributed by atoms with Crippen LogP contribution < -0.4 is 15.5 Å². The standard InChI is InChI=1S/C20H27N3S/c1-3-23(4-2)19(18-13-9-6-10-14-18)16-22-20(24)21-15-17-11-7-5-8-12-17/h5-14,19H,3-4,15-16H2,1-2H3,(H2,21,22,24)/p+1/t19-/m0/s1. The summed E-state index contributed by atoms with van der Waals surface area (Å²) in [4.78, 5) is 1.56. The number of hydrogen-bond acceptors (Lipinski definition) is 1. The number of benzene rings is 2. The summed E-state index contributed by atoms with van der Waals surface area (Å²) in [6, 6.07) is 21.4. The van der Waals surface area contributed by atoms with E-state index in [0.29, 0.717) is 11.2 Å². The van der Waals surface area contributed by atoms with Gasteiger partial charge in [0.25, 0.3) is 0 Å². The Morgan fingerprint density at radius 3 is 2.08 bits per heavy atom. The molecule has 0 amide bonds. The third-order valence-electron chi connectivity index (χ3n) is 4.37. The van der Waals surface area contributed by atoms with Crippen molar-refractivity contribution in [1.29, 1.82) is 0 Å². The summed E-state index contributed by atoms with van der Waals surface area (Å²) in [7, 11) is 0. The molecule has 2 aromatic rings. The van der Waals surface area contributed by atoms with E-state index < -0.39 is 0 Å². The molecular weight excluding hydrogens is 314 g/mol. The molecule has 0 aliphatic rings. The fourth-order valence-electron chi connectivity index (χ4n) is 2.96. The summed E-state index contributed by atoms with van der Waals surface area (Å²) in [6.45, 7) is 8.26. The van der Waals surface area contributed by atoms with Gasteiger partial charge in [-0.05, 0) is 31.6 Å². The fraction of sp³-hybridized carbons (Fsp3) is 0.350. The summed E-state index contributed by atoms with van der Waals surface area (Å²) in [6.07, 6.45) is 0. The van der Waals surface area contributed by atoms with E-state index in [1.807, 2.05) is 18.2 Å². The van der Waals surface area contributed by atoms with Crippen LogP contribution in [-0.4, -0.2) is 24.7 Å². The van der Waals surface area contributed by atoms with Crippen LogP contribution in [0.4, 0.5) is 0 Å². The Morgan fingerprint density at radius 2 is 1.50 bits per heavy atom. The topological polar surface area (TPSA) is 28.5 Å². The maximum Gasteiger partial charge on any atom is 0.166 e. The van der Waals surface area contributed by atoms with Crippen LogP contribution in [0.5, 0.6) is 0 Å². The molecule has 0 fully saturated rings. The molecule has 0 aliphatic heterocycles. The maximum atomic E-state index is 5.45. The Balaban J connectivity index is 1.91. The Hall–Kier alpha value is -1.91. The minimum Gasteiger partial charge on any atom is -0.359 e. The van der Waals surface area contributed by atoms with Crippen LogP contribution in [0.3, 0.4) is 0 Å². The highest BCUT2D eigenvalue weighted by molar-refractivity contribution is 7.80. The number of quaternary nitrogens is 1. The van der Waals surface area contributed by atoms with Gasteiger partial charge in [0.05, 0.1) is 19.6 Å². The SMILES string of the molecule is CC[NH+](CC)[C@@H](CNC(=S)NCc1ccccc1)c1ccccc1. The molecule has 3 nitrogen and oxygen atoms in total. The summed E-state index contributed by atoms with van der Waals surface area (Å²) in [5.74, 6) is 0. The highest BCUT2D eigenvalue weighted by Gasteiger charge is 2.21. The van der Waals surface area contributed by atoms with E-state index in [4.69, 9.17) is 12.2 Å². The lowest BCUT2D eigenvalue weighted by atomic mass is 10.1. The number of thiocarbonyl (C=S) groups is 1. The first-order chi connectivity index (χ1) is 11.7. The molecule has 0 aromatic heterocycles. The van der Waals surface area contributed by atoms with Crippen LogP contribution in [0.2, 0.25) is 0 Å². The molecule has 2 rings (SSSR count). The van der Waals surface area contributed by atoms with Crippen molar-refractivity contribution in [1.82, 2.24) is 10.6 Å². The molecular formula is C20H28N3S+. The van der Waals surface area contributed by atoms with Gasteiger partial charge in [-0.2, -0.15) is 0 Å². The summed E-state index contributed by atoms with van der Waals surface area (Å²) in [5, 5.41) is 7.41. The van der Waals surface area contributed by atoms with E-state index in [1.54, 1.807) is 4.90 Å². The van der Waals surface area contributed by atoms with Crippen molar-refractivity contribution in [3.63, 3.8) is 0 Å². The van der Waals surface area contributed by atoms with Crippen LogP contribution >= 0.6 is 12.2 Å². The van der Waals surface area contributed by atoms with Crippen LogP contribution in [-0.2, 0) is 6.54 Å². The second-order valence-electron chi connectivity index (χ2n) is 5.88. The molecule has 0 unspecified atom stereocenters. The number of nitrogens with one attached hydrogen (secondary N) is 3. The van der Waals surface area contributed by atoms with Crippen molar-refractivity contribution in [2.24, 2.45) is 0 Å². The Bertz CT molecular complexity index is 597. The van der Waals surface area contributed by atoms with Crippen molar-refractivity contribution >= 4 is 17.3 Å². The lowest BCUT2D eigenvalue weighted by Gasteiger charge is -2.27. The van der Waals surface area contributed by atoms with Crippen molar-refractivity contribution in [2.45, 2.75) is 26.4 Å². The predicted molar refractivity (Wildman–Crippen MR) is 105 cm³/mol. The Kier molecular flexibility index (Phi) is 7.72. The van der Waals surface area contributed by atoms with E-state index in [-0.39, 0.29) is 0 Å². The third kappa shape index (κ3) is 5.62. The van der Waals surface area contributed by atoms with Gasteiger partial charge < -0.3 is 15.5 Å². The molecule has 0 heterocycles. The molecule has 0 bridgehead atoms. The van der Waals surface area contributed by atoms with E-state index in [0.717, 1.165) is 26.2 Å². The van der Waals surface area contributed by atoms with Crippen LogP contribution in [0, 0.1) is 0 Å². The molecule has 0 saturated carbocycles. The predicted octanol–water partition coefficient (Wildman–Crippen LogP) is 2.32. The smallest absolute Gasteiger partial charge is 0.166 e. The highest BCUT2D eigenvalue weighted by Crippen LogP contribution is 2.08. The Labute approximate surface area is 151 Å². The molecule has 0 saturated heterocycles. The van der Waals surface area contributed by atoms with Crippen LogP contribution in [0.25, 0.3) is 0 Å². The largest absolute Gasteiger partial charge is 0.359 e. The fourth-order valence-corrected chi connectivity index (χ4v) is 3.12. The molecule has 4 heteroatoms. The minimum absolute atomic E-state index is 0.401. The van der Waals surface area contributed by atoms with E-state index in [1.165, 1.54) is 11.1 Å². The second-order valence-corrected chi connectivity index (χ2v) is 6.29. The summed E-state index contributed by atoms with van der Waals surface area (Å²) >= 11 is 5.45.